The minimum Gasteiger partial charge on any atom is -0.486 e. The lowest BCUT2D eigenvalue weighted by Gasteiger charge is -2.38. The third-order valence-electron chi connectivity index (χ3n) is 6.33. The van der Waals surface area contributed by atoms with E-state index in [0.29, 0.717) is 0 Å². The molecule has 3 atom stereocenters. The third-order valence-corrected chi connectivity index (χ3v) is 9.53. The number of benzene rings is 1. The maximum atomic E-state index is 13.6. The molecule has 202 valence electrons. The Morgan fingerprint density at radius 3 is 2.76 bits per heavy atom. The van der Waals surface area contributed by atoms with E-state index in [9.17, 15) is 23.1 Å². The van der Waals surface area contributed by atoms with Gasteiger partial charge in [-0.25, -0.2) is 13.4 Å². The molecule has 0 fully saturated rings. The van der Waals surface area contributed by atoms with Crippen LogP contribution in [0.3, 0.4) is 0 Å². The van der Waals surface area contributed by atoms with Crippen molar-refractivity contribution < 1.29 is 27.9 Å². The quantitative estimate of drug-likeness (QED) is 0.428. The number of para-hydroxylation sites is 1. The smallest absolute Gasteiger partial charge is 0.275 e. The van der Waals surface area contributed by atoms with Gasteiger partial charge in [-0.05, 0) is 30.5 Å². The maximum absolute atomic E-state index is 13.6. The van der Waals surface area contributed by atoms with E-state index in [1.807, 2.05) is 6.92 Å². The normalized spacial score (nSPS) is 18.8. The van der Waals surface area contributed by atoms with Crippen LogP contribution < -0.4 is 10.1 Å². The summed E-state index contributed by atoms with van der Waals surface area (Å²) < 4.78 is 34.1. The molecule has 0 bridgehead atoms. The van der Waals surface area contributed by atoms with E-state index in [1.165, 1.54) is 36.0 Å². The maximum Gasteiger partial charge on any atom is 0.275 e. The van der Waals surface area contributed by atoms with Crippen LogP contribution in [0, 0.1) is 5.92 Å². The van der Waals surface area contributed by atoms with Gasteiger partial charge in [0.05, 0.1) is 36.6 Å². The molecule has 0 radical (unpaired) electrons. The Balaban J connectivity index is 1.73. The van der Waals surface area contributed by atoms with E-state index in [1.54, 1.807) is 41.5 Å². The van der Waals surface area contributed by atoms with Gasteiger partial charge in [-0.2, -0.15) is 4.31 Å². The molecular weight excluding hydrogens is 530 g/mol. The van der Waals surface area contributed by atoms with Crippen molar-refractivity contribution in [2.75, 3.05) is 32.1 Å². The van der Waals surface area contributed by atoms with Crippen LogP contribution in [-0.2, 0) is 10.0 Å². The number of carbonyl (C=O) groups is 2. The summed E-state index contributed by atoms with van der Waals surface area (Å²) in [6, 6.07) is 7.49. The zero-order valence-corrected chi connectivity index (χ0v) is 22.8. The van der Waals surface area contributed by atoms with E-state index >= 15 is 0 Å². The van der Waals surface area contributed by atoms with Crippen molar-refractivity contribution in [2.24, 2.45) is 5.92 Å². The first-order chi connectivity index (χ1) is 18.1. The molecule has 1 aliphatic rings. The number of nitrogens with zero attached hydrogens (tertiary/aromatic N) is 4. The number of likely N-dealkylation sites (N-methyl/N-ethyl adjacent to an activating group) is 1. The summed E-state index contributed by atoms with van der Waals surface area (Å²) in [6.45, 7) is 3.55. The number of hydrogen-bond acceptors (Lipinski definition) is 9. The summed E-state index contributed by atoms with van der Waals surface area (Å²) in [7, 11) is -2.28. The molecule has 38 heavy (non-hydrogen) atoms. The van der Waals surface area contributed by atoms with Crippen LogP contribution in [0.25, 0.3) is 0 Å². The second-order valence-corrected chi connectivity index (χ2v) is 12.3. The number of nitrogens with one attached hydrogen (secondary N) is 1. The Morgan fingerprint density at radius 1 is 1.32 bits per heavy atom. The third kappa shape index (κ3) is 5.70. The van der Waals surface area contributed by atoms with Crippen molar-refractivity contribution in [3.8, 4) is 5.75 Å². The highest BCUT2D eigenvalue weighted by molar-refractivity contribution is 7.91. The molecule has 2 N–H and O–H groups in total. The number of aliphatic hydroxyl groups is 1. The molecular formula is C25H29N5O6S2. The molecule has 3 aromatic rings. The SMILES string of the molecule is C[C@H]1CN([C@@H](C)CO)C(=O)c2cccc(NC(=O)c3cnccn3)c2O[C@@H]1CN(C)S(=O)(=O)c1cccs1. The molecule has 0 spiro atoms. The summed E-state index contributed by atoms with van der Waals surface area (Å²) in [6.07, 6.45) is 3.46. The fourth-order valence-electron chi connectivity index (χ4n) is 4.08. The molecule has 0 saturated heterocycles. The number of ether oxygens (including phenoxy) is 1. The van der Waals surface area contributed by atoms with Crippen molar-refractivity contribution >= 4 is 38.9 Å². The highest BCUT2D eigenvalue weighted by Crippen LogP contribution is 2.35. The van der Waals surface area contributed by atoms with Crippen LogP contribution >= 0.6 is 11.3 Å². The van der Waals surface area contributed by atoms with Gasteiger partial charge in [-0.1, -0.05) is 19.1 Å². The molecule has 1 aliphatic heterocycles. The predicted octanol–water partition coefficient (Wildman–Crippen LogP) is 2.33. The monoisotopic (exact) mass is 559 g/mol. The zero-order chi connectivity index (χ0) is 27.4. The van der Waals surface area contributed by atoms with Crippen molar-refractivity contribution in [3.05, 3.63) is 65.6 Å². The number of fused-ring (bicyclic) bond motifs is 1. The molecule has 3 heterocycles. The Morgan fingerprint density at radius 2 is 2.11 bits per heavy atom. The summed E-state index contributed by atoms with van der Waals surface area (Å²) in [5, 5.41) is 14.3. The number of amides is 2. The first kappa shape index (κ1) is 27.6. The van der Waals surface area contributed by atoms with Gasteiger partial charge in [0.25, 0.3) is 21.8 Å². The molecule has 11 nitrogen and oxygen atoms in total. The van der Waals surface area contributed by atoms with E-state index in [0.717, 1.165) is 11.3 Å². The first-order valence-electron chi connectivity index (χ1n) is 11.9. The standard InChI is InChI=1S/C25H29N5O6S2/c1-16-13-30(17(2)15-31)25(33)18-6-4-7-19(28-24(32)20-12-26-9-10-27-20)23(18)36-21(16)14-29(3)38(34,35)22-8-5-11-37-22/h4-12,16-17,21,31H,13-15H2,1-3H3,(H,28,32)/t16-,17-,21+/m0/s1. The zero-order valence-electron chi connectivity index (χ0n) is 21.1. The van der Waals surface area contributed by atoms with Crippen LogP contribution in [0.5, 0.6) is 5.75 Å². The Hall–Kier alpha value is -3.39. The van der Waals surface area contributed by atoms with Crippen molar-refractivity contribution in [1.29, 1.82) is 0 Å². The minimum atomic E-state index is -3.76. The second kappa shape index (κ2) is 11.6. The van der Waals surface area contributed by atoms with Gasteiger partial charge in [0.2, 0.25) is 0 Å². The summed E-state index contributed by atoms with van der Waals surface area (Å²) >= 11 is 1.12. The lowest BCUT2D eigenvalue weighted by molar-refractivity contribution is 0.0388. The van der Waals surface area contributed by atoms with Gasteiger partial charge in [0, 0.05) is 31.9 Å². The number of hydrogen-bond donors (Lipinski definition) is 2. The molecule has 2 amide bonds. The van der Waals surface area contributed by atoms with Gasteiger partial charge in [0.15, 0.2) is 5.75 Å². The lowest BCUT2D eigenvalue weighted by Crippen LogP contribution is -2.50. The molecule has 2 aromatic heterocycles. The van der Waals surface area contributed by atoms with Crippen LogP contribution in [0.4, 0.5) is 5.69 Å². The molecule has 0 saturated carbocycles. The van der Waals surface area contributed by atoms with Crippen molar-refractivity contribution in [1.82, 2.24) is 19.2 Å². The highest BCUT2D eigenvalue weighted by atomic mass is 32.2. The largest absolute Gasteiger partial charge is 0.486 e. The second-order valence-electron chi connectivity index (χ2n) is 9.07. The molecule has 13 heteroatoms. The van der Waals surface area contributed by atoms with Gasteiger partial charge in [-0.15, -0.1) is 11.3 Å². The molecule has 4 rings (SSSR count). The predicted molar refractivity (Wildman–Crippen MR) is 142 cm³/mol. The fraction of sp³-hybridized carbons (Fsp3) is 0.360. The Bertz CT molecular complexity index is 1380. The van der Waals surface area contributed by atoms with E-state index in [4.69, 9.17) is 4.74 Å². The lowest BCUT2D eigenvalue weighted by atomic mass is 9.99. The van der Waals surface area contributed by atoms with Gasteiger partial charge in [0.1, 0.15) is 16.0 Å². The number of rotatable bonds is 8. The summed E-state index contributed by atoms with van der Waals surface area (Å²) in [4.78, 5) is 35.9. The molecule has 0 aliphatic carbocycles. The van der Waals surface area contributed by atoms with Gasteiger partial charge < -0.3 is 20.1 Å². The Kier molecular flexibility index (Phi) is 8.41. The number of thiophene rings is 1. The topological polar surface area (TPSA) is 142 Å². The number of sulfonamides is 1. The Labute approximate surface area is 225 Å². The van der Waals surface area contributed by atoms with Crippen LogP contribution in [0.15, 0.2) is 58.5 Å². The summed E-state index contributed by atoms with van der Waals surface area (Å²) in [5.74, 6) is -1.14. The van der Waals surface area contributed by atoms with Gasteiger partial charge >= 0.3 is 0 Å². The number of carbonyl (C=O) groups excluding carboxylic acids is 2. The van der Waals surface area contributed by atoms with E-state index in [2.05, 4.69) is 15.3 Å². The van der Waals surface area contributed by atoms with Crippen molar-refractivity contribution in [2.45, 2.75) is 30.2 Å². The minimum absolute atomic E-state index is 0.0111. The number of aliphatic hydroxyl groups excluding tert-OH is 1. The molecule has 1 aromatic carbocycles. The highest BCUT2D eigenvalue weighted by Gasteiger charge is 2.36. The van der Waals surface area contributed by atoms with Crippen molar-refractivity contribution in [3.63, 3.8) is 0 Å². The van der Waals surface area contributed by atoms with Crippen LogP contribution in [-0.4, -0.2) is 83.4 Å². The fourth-order valence-corrected chi connectivity index (χ4v) is 6.46. The summed E-state index contributed by atoms with van der Waals surface area (Å²) in [5.41, 5.74) is 0.485. The molecule has 0 unspecified atom stereocenters. The first-order valence-corrected chi connectivity index (χ1v) is 14.2. The van der Waals surface area contributed by atoms with Crippen LogP contribution in [0.1, 0.15) is 34.7 Å². The van der Waals surface area contributed by atoms with Gasteiger partial charge in [-0.3, -0.25) is 14.6 Å². The van der Waals surface area contributed by atoms with Crippen LogP contribution in [0.2, 0.25) is 0 Å². The van der Waals surface area contributed by atoms with E-state index in [-0.39, 0.29) is 58.4 Å². The number of aromatic nitrogens is 2. The van der Waals surface area contributed by atoms with E-state index < -0.39 is 28.1 Å². The average molecular weight is 560 g/mol. The average Bonchev–Trinajstić information content (AvgIpc) is 3.47. The number of anilines is 1.